The molecule has 0 aromatic rings. The number of hydrogen-bond donors (Lipinski definition) is 2. The minimum atomic E-state index is -0.419. The van der Waals surface area contributed by atoms with Gasteiger partial charge in [0.2, 0.25) is 0 Å². The Morgan fingerprint density at radius 2 is 2.00 bits per heavy atom. The Bertz CT molecular complexity index is 286. The fourth-order valence-corrected chi connectivity index (χ4v) is 2.72. The van der Waals surface area contributed by atoms with Crippen LogP contribution < -0.4 is 10.6 Å². The molecule has 0 heterocycles. The van der Waals surface area contributed by atoms with E-state index in [4.69, 9.17) is 4.74 Å². The van der Waals surface area contributed by atoms with E-state index in [9.17, 15) is 4.79 Å². The Hall–Kier alpha value is -0.420. The Kier molecular flexibility index (Phi) is 6.47. The molecule has 0 radical (unpaired) electrons. The van der Waals surface area contributed by atoms with Gasteiger partial charge >= 0.3 is 6.09 Å². The molecule has 1 fully saturated rings. The highest BCUT2D eigenvalue weighted by Gasteiger charge is 2.31. The van der Waals surface area contributed by atoms with Crippen molar-refractivity contribution < 1.29 is 9.53 Å². The van der Waals surface area contributed by atoms with Crippen molar-refractivity contribution in [3.8, 4) is 0 Å². The van der Waals surface area contributed by atoms with Crippen molar-refractivity contribution in [3.05, 3.63) is 0 Å². The van der Waals surface area contributed by atoms with Crippen LogP contribution in [-0.2, 0) is 4.74 Å². The smallest absolute Gasteiger partial charge is 0.407 e. The third-order valence-corrected chi connectivity index (χ3v) is 3.78. The molecule has 1 atom stereocenters. The van der Waals surface area contributed by atoms with Crippen LogP contribution in [0.25, 0.3) is 0 Å². The number of alkyl carbamates (subject to hydrolysis) is 1. The summed E-state index contributed by atoms with van der Waals surface area (Å²) in [5.74, 6) is 1.19. The number of hydrogen-bond acceptors (Lipinski definition) is 4. The average molecular weight is 288 g/mol. The van der Waals surface area contributed by atoms with E-state index in [0.29, 0.717) is 12.1 Å². The third-order valence-electron chi connectivity index (χ3n) is 3.13. The molecule has 0 aromatic heterocycles. The minimum Gasteiger partial charge on any atom is -0.444 e. The molecule has 1 aliphatic rings. The molecule has 1 unspecified atom stereocenters. The number of carbonyl (C=O) groups is 1. The van der Waals surface area contributed by atoms with Gasteiger partial charge in [-0.3, -0.25) is 0 Å². The highest BCUT2D eigenvalue weighted by molar-refractivity contribution is 7.98. The van der Waals surface area contributed by atoms with Gasteiger partial charge in [-0.15, -0.1) is 0 Å². The summed E-state index contributed by atoms with van der Waals surface area (Å²) in [4.78, 5) is 11.6. The predicted octanol–water partition coefficient (Wildman–Crippen LogP) is 2.77. The van der Waals surface area contributed by atoms with E-state index < -0.39 is 5.60 Å². The van der Waals surface area contributed by atoms with Gasteiger partial charge in [0, 0.05) is 18.1 Å². The van der Waals surface area contributed by atoms with Crippen LogP contribution >= 0.6 is 11.8 Å². The highest BCUT2D eigenvalue weighted by atomic mass is 32.2. The molecule has 1 saturated carbocycles. The van der Waals surface area contributed by atoms with Gasteiger partial charge in [-0.05, 0) is 59.0 Å². The monoisotopic (exact) mass is 288 g/mol. The second kappa shape index (κ2) is 7.39. The first kappa shape index (κ1) is 16.6. The molecule has 0 aliphatic heterocycles. The SMILES string of the molecule is CSCCC(C)NC1CC(NC(=O)OC(C)(C)C)C1. The zero-order valence-electron chi connectivity index (χ0n) is 12.8. The molecule has 19 heavy (non-hydrogen) atoms. The largest absolute Gasteiger partial charge is 0.444 e. The Labute approximate surface area is 121 Å². The van der Waals surface area contributed by atoms with Gasteiger partial charge in [0.25, 0.3) is 0 Å². The maximum absolute atomic E-state index is 11.6. The number of thioether (sulfide) groups is 1. The minimum absolute atomic E-state index is 0.264. The fraction of sp³-hybridized carbons (Fsp3) is 0.929. The summed E-state index contributed by atoms with van der Waals surface area (Å²) in [6.07, 6.45) is 5.04. The molecule has 0 saturated heterocycles. The molecule has 2 N–H and O–H groups in total. The Balaban J connectivity index is 2.11. The maximum Gasteiger partial charge on any atom is 0.407 e. The second-order valence-corrected chi connectivity index (χ2v) is 7.35. The lowest BCUT2D eigenvalue weighted by Gasteiger charge is -2.38. The summed E-state index contributed by atoms with van der Waals surface area (Å²) < 4.78 is 5.24. The molecule has 1 amide bonds. The lowest BCUT2D eigenvalue weighted by Crippen LogP contribution is -2.54. The van der Waals surface area contributed by atoms with Crippen LogP contribution in [0, 0.1) is 0 Å². The molecule has 112 valence electrons. The lowest BCUT2D eigenvalue weighted by atomic mass is 9.86. The van der Waals surface area contributed by atoms with E-state index in [1.54, 1.807) is 0 Å². The van der Waals surface area contributed by atoms with Crippen LogP contribution in [0.2, 0.25) is 0 Å². The molecule has 1 rings (SSSR count). The number of nitrogens with one attached hydrogen (secondary N) is 2. The third kappa shape index (κ3) is 7.06. The van der Waals surface area contributed by atoms with Gasteiger partial charge < -0.3 is 15.4 Å². The van der Waals surface area contributed by atoms with E-state index in [1.807, 2.05) is 32.5 Å². The number of rotatable bonds is 6. The van der Waals surface area contributed by atoms with Gasteiger partial charge in [-0.25, -0.2) is 4.79 Å². The van der Waals surface area contributed by atoms with Crippen LogP contribution in [0.15, 0.2) is 0 Å². The van der Waals surface area contributed by atoms with Crippen LogP contribution in [0.3, 0.4) is 0 Å². The Morgan fingerprint density at radius 3 is 2.53 bits per heavy atom. The topological polar surface area (TPSA) is 50.4 Å². The molecule has 1 aliphatic carbocycles. The first-order valence-corrected chi connectivity index (χ1v) is 8.44. The van der Waals surface area contributed by atoms with Crippen molar-refractivity contribution in [3.63, 3.8) is 0 Å². The highest BCUT2D eigenvalue weighted by Crippen LogP contribution is 2.21. The van der Waals surface area contributed by atoms with Crippen molar-refractivity contribution in [2.45, 2.75) is 70.7 Å². The summed E-state index contributed by atoms with van der Waals surface area (Å²) >= 11 is 1.88. The standard InChI is InChI=1S/C14H28N2O2S/c1-10(6-7-19-5)15-11-8-12(9-11)16-13(17)18-14(2,3)4/h10-12,15H,6-9H2,1-5H3,(H,16,17). The second-order valence-electron chi connectivity index (χ2n) is 6.36. The first-order chi connectivity index (χ1) is 8.80. The van der Waals surface area contributed by atoms with Crippen LogP contribution in [-0.4, -0.2) is 41.8 Å². The zero-order chi connectivity index (χ0) is 14.5. The molecule has 0 spiro atoms. The summed E-state index contributed by atoms with van der Waals surface area (Å²) in [7, 11) is 0. The predicted molar refractivity (Wildman–Crippen MR) is 81.8 cm³/mol. The Morgan fingerprint density at radius 1 is 1.37 bits per heavy atom. The van der Waals surface area contributed by atoms with Gasteiger partial charge in [0.05, 0.1) is 0 Å². The molecule has 5 heteroatoms. The zero-order valence-corrected chi connectivity index (χ0v) is 13.6. The summed E-state index contributed by atoms with van der Waals surface area (Å²) in [6.45, 7) is 7.87. The van der Waals surface area contributed by atoms with E-state index in [0.717, 1.165) is 12.8 Å². The van der Waals surface area contributed by atoms with Gasteiger partial charge in [-0.1, -0.05) is 0 Å². The van der Waals surface area contributed by atoms with Crippen molar-refractivity contribution in [1.82, 2.24) is 10.6 Å². The normalized spacial score (nSPS) is 24.5. The molecule has 0 aromatic carbocycles. The van der Waals surface area contributed by atoms with Crippen molar-refractivity contribution in [2.24, 2.45) is 0 Å². The van der Waals surface area contributed by atoms with Crippen LogP contribution in [0.4, 0.5) is 4.79 Å². The average Bonchev–Trinajstić information content (AvgIpc) is 2.20. The van der Waals surface area contributed by atoms with E-state index in [-0.39, 0.29) is 12.1 Å². The molecule has 4 nitrogen and oxygen atoms in total. The maximum atomic E-state index is 11.6. The summed E-state index contributed by atoms with van der Waals surface area (Å²) in [5.41, 5.74) is -0.419. The van der Waals surface area contributed by atoms with E-state index in [2.05, 4.69) is 23.8 Å². The quantitative estimate of drug-likeness (QED) is 0.789. The molecular weight excluding hydrogens is 260 g/mol. The van der Waals surface area contributed by atoms with Gasteiger partial charge in [-0.2, -0.15) is 11.8 Å². The summed E-state index contributed by atoms with van der Waals surface area (Å²) in [6, 6.07) is 1.36. The van der Waals surface area contributed by atoms with Gasteiger partial charge in [0.15, 0.2) is 0 Å². The van der Waals surface area contributed by atoms with Crippen LogP contribution in [0.1, 0.15) is 47.0 Å². The lowest BCUT2D eigenvalue weighted by molar-refractivity contribution is 0.0463. The fourth-order valence-electron chi connectivity index (χ4n) is 2.13. The van der Waals surface area contributed by atoms with Crippen molar-refractivity contribution in [2.75, 3.05) is 12.0 Å². The van der Waals surface area contributed by atoms with Crippen molar-refractivity contribution in [1.29, 1.82) is 0 Å². The molecule has 0 bridgehead atoms. The molecular formula is C14H28N2O2S. The van der Waals surface area contributed by atoms with Crippen LogP contribution in [0.5, 0.6) is 0 Å². The van der Waals surface area contributed by atoms with E-state index in [1.165, 1.54) is 12.2 Å². The first-order valence-electron chi connectivity index (χ1n) is 7.04. The van der Waals surface area contributed by atoms with Gasteiger partial charge in [0.1, 0.15) is 5.60 Å². The number of ether oxygens (including phenoxy) is 1. The van der Waals surface area contributed by atoms with E-state index >= 15 is 0 Å². The van der Waals surface area contributed by atoms with Crippen molar-refractivity contribution >= 4 is 17.9 Å². The number of amides is 1. The number of carbonyl (C=O) groups excluding carboxylic acids is 1. The summed E-state index contributed by atoms with van der Waals surface area (Å²) in [5, 5.41) is 6.51.